The molecule has 0 saturated heterocycles. The van der Waals surface area contributed by atoms with Crippen molar-refractivity contribution in [2.45, 2.75) is 6.92 Å². The number of amides is 1. The lowest BCUT2D eigenvalue weighted by atomic mass is 10.2. The van der Waals surface area contributed by atoms with Crippen LogP contribution in [0, 0.1) is 0 Å². The lowest BCUT2D eigenvalue weighted by Crippen LogP contribution is -2.22. The second-order valence-electron chi connectivity index (χ2n) is 3.47. The maximum Gasteiger partial charge on any atom is 0.225 e. The first-order valence-corrected chi connectivity index (χ1v) is 6.52. The van der Waals surface area contributed by atoms with Crippen molar-refractivity contribution in [3.8, 4) is 10.6 Å². The third-order valence-electron chi connectivity index (χ3n) is 2.26. The van der Waals surface area contributed by atoms with E-state index in [1.165, 1.54) is 23.2 Å². The van der Waals surface area contributed by atoms with E-state index in [2.05, 4.69) is 26.1 Å². The summed E-state index contributed by atoms with van der Waals surface area (Å²) < 4.78 is 1.02. The molecule has 88 valence electrons. The van der Waals surface area contributed by atoms with Crippen molar-refractivity contribution in [3.05, 3.63) is 28.7 Å². The summed E-state index contributed by atoms with van der Waals surface area (Å²) >= 11 is 4.78. The second kappa shape index (κ2) is 4.93. The topological polar surface area (TPSA) is 46.1 Å². The predicted octanol–water partition coefficient (Wildman–Crippen LogP) is 2.95. The summed E-state index contributed by atoms with van der Waals surface area (Å²) in [7, 11) is 1.69. The molecule has 17 heavy (non-hydrogen) atoms. The van der Waals surface area contributed by atoms with Crippen LogP contribution in [0.5, 0.6) is 0 Å². The Kier molecular flexibility index (Phi) is 3.54. The van der Waals surface area contributed by atoms with E-state index in [4.69, 9.17) is 0 Å². The molecule has 0 saturated carbocycles. The maximum atomic E-state index is 11.2. The van der Waals surface area contributed by atoms with Gasteiger partial charge in [-0.3, -0.25) is 9.69 Å². The van der Waals surface area contributed by atoms with E-state index in [-0.39, 0.29) is 5.91 Å². The van der Waals surface area contributed by atoms with Gasteiger partial charge in [-0.15, -0.1) is 10.2 Å². The van der Waals surface area contributed by atoms with E-state index in [0.717, 1.165) is 15.0 Å². The van der Waals surface area contributed by atoms with Crippen molar-refractivity contribution in [2.75, 3.05) is 11.9 Å². The minimum Gasteiger partial charge on any atom is -0.290 e. The standard InChI is InChI=1S/C11H10BrN3OS/c1-7(16)15(2)11-14-13-10(17-11)8-3-5-9(12)6-4-8/h3-6H,1-2H3. The minimum absolute atomic E-state index is 0.0523. The van der Waals surface area contributed by atoms with Gasteiger partial charge in [0.2, 0.25) is 11.0 Å². The number of carbonyl (C=O) groups excluding carboxylic acids is 1. The Labute approximate surface area is 111 Å². The molecular formula is C11H10BrN3OS. The Morgan fingerprint density at radius 2 is 1.94 bits per heavy atom. The average molecular weight is 312 g/mol. The highest BCUT2D eigenvalue weighted by Gasteiger charge is 2.12. The molecule has 0 aliphatic rings. The molecule has 6 heteroatoms. The zero-order valence-electron chi connectivity index (χ0n) is 9.35. The SMILES string of the molecule is CC(=O)N(C)c1nnc(-c2ccc(Br)cc2)s1. The highest BCUT2D eigenvalue weighted by Crippen LogP contribution is 2.28. The third kappa shape index (κ3) is 2.70. The van der Waals surface area contributed by atoms with E-state index in [0.29, 0.717) is 5.13 Å². The third-order valence-corrected chi connectivity index (χ3v) is 3.84. The normalized spacial score (nSPS) is 10.3. The number of aromatic nitrogens is 2. The summed E-state index contributed by atoms with van der Waals surface area (Å²) in [5.74, 6) is -0.0523. The van der Waals surface area contributed by atoms with E-state index < -0.39 is 0 Å². The highest BCUT2D eigenvalue weighted by atomic mass is 79.9. The van der Waals surface area contributed by atoms with Gasteiger partial charge in [0.1, 0.15) is 5.01 Å². The van der Waals surface area contributed by atoms with Crippen LogP contribution in [0.1, 0.15) is 6.92 Å². The van der Waals surface area contributed by atoms with E-state index in [9.17, 15) is 4.79 Å². The molecule has 0 aliphatic heterocycles. The van der Waals surface area contributed by atoms with Crippen molar-refractivity contribution < 1.29 is 4.79 Å². The van der Waals surface area contributed by atoms with Crippen LogP contribution in [0.4, 0.5) is 5.13 Å². The molecule has 0 N–H and O–H groups in total. The molecule has 1 aromatic heterocycles. The van der Waals surface area contributed by atoms with Gasteiger partial charge < -0.3 is 0 Å². The first-order chi connectivity index (χ1) is 8.08. The van der Waals surface area contributed by atoms with Gasteiger partial charge in [-0.05, 0) is 12.1 Å². The number of hydrogen-bond acceptors (Lipinski definition) is 4. The molecule has 1 amide bonds. The molecular weight excluding hydrogens is 302 g/mol. The van der Waals surface area contributed by atoms with Crippen LogP contribution in [-0.2, 0) is 4.79 Å². The summed E-state index contributed by atoms with van der Waals surface area (Å²) in [6.07, 6.45) is 0. The lowest BCUT2D eigenvalue weighted by Gasteiger charge is -2.08. The zero-order chi connectivity index (χ0) is 12.4. The van der Waals surface area contributed by atoms with E-state index in [1.54, 1.807) is 7.05 Å². The summed E-state index contributed by atoms with van der Waals surface area (Å²) in [5, 5.41) is 9.49. The van der Waals surface area contributed by atoms with Crippen molar-refractivity contribution in [1.82, 2.24) is 10.2 Å². The van der Waals surface area contributed by atoms with Gasteiger partial charge in [0.25, 0.3) is 0 Å². The Morgan fingerprint density at radius 3 is 2.53 bits per heavy atom. The lowest BCUT2D eigenvalue weighted by molar-refractivity contribution is -0.116. The average Bonchev–Trinajstić information content (AvgIpc) is 2.78. The van der Waals surface area contributed by atoms with Crippen LogP contribution >= 0.6 is 27.3 Å². The number of halogens is 1. The van der Waals surface area contributed by atoms with Gasteiger partial charge in [0.05, 0.1) is 0 Å². The van der Waals surface area contributed by atoms with E-state index >= 15 is 0 Å². The summed E-state index contributed by atoms with van der Waals surface area (Å²) in [5.41, 5.74) is 0.994. The van der Waals surface area contributed by atoms with Crippen molar-refractivity contribution in [1.29, 1.82) is 0 Å². The van der Waals surface area contributed by atoms with Crippen LogP contribution < -0.4 is 4.90 Å². The van der Waals surface area contributed by atoms with Crippen molar-refractivity contribution in [3.63, 3.8) is 0 Å². The Balaban J connectivity index is 2.29. The van der Waals surface area contributed by atoms with E-state index in [1.807, 2.05) is 24.3 Å². The van der Waals surface area contributed by atoms with Crippen LogP contribution in [0.25, 0.3) is 10.6 Å². The number of anilines is 1. The summed E-state index contributed by atoms with van der Waals surface area (Å²) in [6, 6.07) is 7.82. The number of nitrogens with zero attached hydrogens (tertiary/aromatic N) is 3. The molecule has 4 nitrogen and oxygen atoms in total. The van der Waals surface area contributed by atoms with Gasteiger partial charge >= 0.3 is 0 Å². The fourth-order valence-electron chi connectivity index (χ4n) is 1.19. The fraction of sp³-hybridized carbons (Fsp3) is 0.182. The second-order valence-corrected chi connectivity index (χ2v) is 5.35. The molecule has 0 spiro atoms. The van der Waals surface area contributed by atoms with Crippen molar-refractivity contribution >= 4 is 38.3 Å². The number of hydrogen-bond donors (Lipinski definition) is 0. The van der Waals surface area contributed by atoms with Crippen molar-refractivity contribution in [2.24, 2.45) is 0 Å². The smallest absolute Gasteiger partial charge is 0.225 e. The molecule has 0 fully saturated rings. The van der Waals surface area contributed by atoms with Gasteiger partial charge in [-0.1, -0.05) is 39.4 Å². The summed E-state index contributed by atoms with van der Waals surface area (Å²) in [4.78, 5) is 12.7. The Hall–Kier alpha value is -1.27. The Bertz CT molecular complexity index is 538. The Morgan fingerprint density at radius 1 is 1.29 bits per heavy atom. The zero-order valence-corrected chi connectivity index (χ0v) is 11.7. The van der Waals surface area contributed by atoms with Crippen LogP contribution in [0.15, 0.2) is 28.7 Å². The number of carbonyl (C=O) groups is 1. The quantitative estimate of drug-likeness (QED) is 0.856. The molecule has 2 rings (SSSR count). The van der Waals surface area contributed by atoms with Gasteiger partial charge in [-0.25, -0.2) is 0 Å². The summed E-state index contributed by atoms with van der Waals surface area (Å²) in [6.45, 7) is 1.50. The number of benzene rings is 1. The number of rotatable bonds is 2. The predicted molar refractivity (Wildman–Crippen MR) is 72.1 cm³/mol. The van der Waals surface area contributed by atoms with Crippen LogP contribution in [0.2, 0.25) is 0 Å². The molecule has 0 aliphatic carbocycles. The van der Waals surface area contributed by atoms with Crippen LogP contribution in [0.3, 0.4) is 0 Å². The molecule has 0 atom stereocenters. The monoisotopic (exact) mass is 311 g/mol. The molecule has 0 radical (unpaired) electrons. The van der Waals surface area contributed by atoms with Crippen LogP contribution in [-0.4, -0.2) is 23.2 Å². The first-order valence-electron chi connectivity index (χ1n) is 4.91. The molecule has 2 aromatic rings. The first kappa shape index (κ1) is 12.2. The fourth-order valence-corrected chi connectivity index (χ4v) is 2.31. The van der Waals surface area contributed by atoms with Gasteiger partial charge in [-0.2, -0.15) is 0 Å². The molecule has 1 aromatic carbocycles. The van der Waals surface area contributed by atoms with Gasteiger partial charge in [0.15, 0.2) is 0 Å². The highest BCUT2D eigenvalue weighted by molar-refractivity contribution is 9.10. The molecule has 1 heterocycles. The molecule has 0 bridgehead atoms. The molecule has 0 unspecified atom stereocenters. The maximum absolute atomic E-state index is 11.2. The van der Waals surface area contributed by atoms with Gasteiger partial charge in [0, 0.05) is 24.0 Å². The largest absolute Gasteiger partial charge is 0.290 e. The minimum atomic E-state index is -0.0523.